The Morgan fingerprint density at radius 2 is 1.03 bits per heavy atom. The van der Waals surface area contributed by atoms with Gasteiger partial charge in [-0.05, 0) is 78.5 Å². The molecule has 11 heteroatoms. The summed E-state index contributed by atoms with van der Waals surface area (Å²) in [5.74, 6) is 0. The van der Waals surface area contributed by atoms with Crippen molar-refractivity contribution < 1.29 is 10.2 Å². The third kappa shape index (κ3) is 5.98. The maximum absolute atomic E-state index is 13.7. The van der Waals surface area contributed by atoms with Crippen LogP contribution >= 0.6 is 11.6 Å². The SMILES string of the molecule is CN(CCO)c1ccc2c3c1cccc3c(=O)n1c3cccc4cccc(nc21)c43.CNCCO.O=c1c2cccc3c(Cl)ccc(c32)c2nc3cccc4cccc(c43)n12. The maximum Gasteiger partial charge on any atom is 0.264 e. The number of hydrogen-bond acceptors (Lipinski definition) is 8. The molecule has 0 aliphatic rings. The monoisotopic (exact) mass is 822 g/mol. The Morgan fingerprint density at radius 1 is 0.557 bits per heavy atom. The van der Waals surface area contributed by atoms with Crippen LogP contribution in [0.25, 0.3) is 98.0 Å². The van der Waals surface area contributed by atoms with Gasteiger partial charge in [-0.3, -0.25) is 18.4 Å². The second-order valence-electron chi connectivity index (χ2n) is 15.1. The number of pyridine rings is 2. The molecule has 8 aromatic carbocycles. The highest BCUT2D eigenvalue weighted by atomic mass is 35.5. The van der Waals surface area contributed by atoms with E-state index in [0.717, 1.165) is 81.6 Å². The topological polar surface area (TPSA) is 124 Å². The largest absolute Gasteiger partial charge is 0.395 e. The first-order valence-electron chi connectivity index (χ1n) is 20.1. The number of hydrogen-bond donors (Lipinski definition) is 3. The van der Waals surface area contributed by atoms with Gasteiger partial charge in [0.25, 0.3) is 11.1 Å². The zero-order chi connectivity index (χ0) is 41.9. The minimum atomic E-state index is -0.0638. The molecule has 4 heterocycles. The smallest absolute Gasteiger partial charge is 0.264 e. The summed E-state index contributed by atoms with van der Waals surface area (Å²) in [6, 6.07) is 43.6. The van der Waals surface area contributed by atoms with Crippen LogP contribution in [0.1, 0.15) is 0 Å². The summed E-state index contributed by atoms with van der Waals surface area (Å²) in [6.07, 6.45) is 0. The lowest BCUT2D eigenvalue weighted by atomic mass is 9.99. The summed E-state index contributed by atoms with van der Waals surface area (Å²) in [5, 5.41) is 31.9. The van der Waals surface area contributed by atoms with Crippen molar-refractivity contribution >= 4 is 115 Å². The van der Waals surface area contributed by atoms with Crippen molar-refractivity contribution in [2.24, 2.45) is 0 Å². The number of aromatic nitrogens is 4. The normalized spacial score (nSPS) is 11.8. The van der Waals surface area contributed by atoms with Gasteiger partial charge < -0.3 is 20.4 Å². The molecule has 0 unspecified atom stereocenters. The number of nitrogens with one attached hydrogen (secondary N) is 1. The van der Waals surface area contributed by atoms with E-state index in [0.29, 0.717) is 40.2 Å². The minimum absolute atomic E-state index is 0.0594. The molecular weight excluding hydrogens is 784 g/mol. The van der Waals surface area contributed by atoms with Crippen molar-refractivity contribution in [2.75, 3.05) is 45.3 Å². The molecule has 12 aromatic rings. The number of aliphatic hydroxyl groups excluding tert-OH is 2. The van der Waals surface area contributed by atoms with Crippen LogP contribution in [0.2, 0.25) is 5.02 Å². The van der Waals surface area contributed by atoms with Crippen LogP contribution in [0, 0.1) is 0 Å². The average molecular weight is 823 g/mol. The van der Waals surface area contributed by atoms with E-state index in [-0.39, 0.29) is 24.3 Å². The van der Waals surface area contributed by atoms with E-state index in [1.54, 1.807) is 15.8 Å². The maximum atomic E-state index is 13.7. The van der Waals surface area contributed by atoms with Gasteiger partial charge in [0.2, 0.25) is 0 Å². The lowest BCUT2D eigenvalue weighted by molar-refractivity contribution is 0.296. The summed E-state index contributed by atoms with van der Waals surface area (Å²) >= 11 is 6.39. The number of rotatable bonds is 5. The van der Waals surface area contributed by atoms with Gasteiger partial charge >= 0.3 is 0 Å². The van der Waals surface area contributed by atoms with Gasteiger partial charge in [0.05, 0.1) is 35.3 Å². The second kappa shape index (κ2) is 15.3. The standard InChI is InChI=1S/C25H19N3O2.C22H11ClN2O.C3H9NO/c1-27(13-14-29)20-12-11-17-23-16(20)7-4-8-18(23)25(30)28-21-10-3-6-15-5-2-9-19(22(15)21)26-24(17)28;23-16-11-10-14-20-13(16)6-3-7-15(20)22(26)25-18-9-2-5-12-4-1-8-17(19(12)18)24-21(14)25;1-4-2-3-5/h2-12,29H,13-14H2,1H3;1-11H;4-5H,2-3H2,1H3. The van der Waals surface area contributed by atoms with Crippen LogP contribution in [0.3, 0.4) is 0 Å². The van der Waals surface area contributed by atoms with E-state index in [4.69, 9.17) is 26.7 Å². The lowest BCUT2D eigenvalue weighted by Crippen LogP contribution is -2.22. The molecular formula is C50H39ClN6O4. The van der Waals surface area contributed by atoms with E-state index in [1.807, 2.05) is 127 Å². The fourth-order valence-corrected chi connectivity index (χ4v) is 9.16. The van der Waals surface area contributed by atoms with Crippen LogP contribution in [-0.4, -0.2) is 69.4 Å². The van der Waals surface area contributed by atoms with Crippen molar-refractivity contribution in [3.8, 4) is 0 Å². The van der Waals surface area contributed by atoms with E-state index in [1.165, 1.54) is 0 Å². The first-order chi connectivity index (χ1) is 29.8. The van der Waals surface area contributed by atoms with Crippen molar-refractivity contribution in [2.45, 2.75) is 0 Å². The molecule has 4 aromatic heterocycles. The fourth-order valence-electron chi connectivity index (χ4n) is 8.94. The summed E-state index contributed by atoms with van der Waals surface area (Å²) in [4.78, 5) is 38.9. The number of halogens is 1. The molecule has 300 valence electrons. The van der Waals surface area contributed by atoms with Gasteiger partial charge in [-0.15, -0.1) is 0 Å². The minimum Gasteiger partial charge on any atom is -0.395 e. The zero-order valence-corrected chi connectivity index (χ0v) is 34.1. The molecule has 10 nitrogen and oxygen atoms in total. The van der Waals surface area contributed by atoms with E-state index in [9.17, 15) is 14.7 Å². The predicted molar refractivity (Wildman–Crippen MR) is 252 cm³/mol. The van der Waals surface area contributed by atoms with Crippen molar-refractivity contribution in [1.82, 2.24) is 24.1 Å². The van der Waals surface area contributed by atoms with Crippen molar-refractivity contribution in [3.63, 3.8) is 0 Å². The highest BCUT2D eigenvalue weighted by molar-refractivity contribution is 6.37. The Kier molecular flexibility index (Phi) is 9.57. The number of fused-ring (bicyclic) bond motifs is 6. The first-order valence-corrected chi connectivity index (χ1v) is 20.5. The predicted octanol–water partition coefficient (Wildman–Crippen LogP) is 8.77. The summed E-state index contributed by atoms with van der Waals surface area (Å²) in [7, 11) is 3.75. The third-order valence-corrected chi connectivity index (χ3v) is 12.0. The number of benzene rings is 8. The van der Waals surface area contributed by atoms with Gasteiger partial charge in [-0.25, -0.2) is 9.97 Å². The van der Waals surface area contributed by atoms with Crippen molar-refractivity contribution in [1.29, 1.82) is 0 Å². The molecule has 61 heavy (non-hydrogen) atoms. The van der Waals surface area contributed by atoms with Gasteiger partial charge in [0, 0.05) is 84.7 Å². The Labute approximate surface area is 352 Å². The Balaban J connectivity index is 0.000000133. The van der Waals surface area contributed by atoms with Gasteiger partial charge in [0.1, 0.15) is 11.3 Å². The Bertz CT molecular complexity index is 3760. The van der Waals surface area contributed by atoms with Crippen LogP contribution in [0.4, 0.5) is 5.69 Å². The quantitative estimate of drug-likeness (QED) is 0.116. The fraction of sp³-hybridized carbons (Fsp3) is 0.120. The first kappa shape index (κ1) is 38.3. The van der Waals surface area contributed by atoms with Gasteiger partial charge in [-0.2, -0.15) is 0 Å². The number of nitrogens with zero attached hydrogens (tertiary/aromatic N) is 5. The zero-order valence-electron chi connectivity index (χ0n) is 33.4. The number of aliphatic hydroxyl groups is 2. The van der Waals surface area contributed by atoms with E-state index >= 15 is 0 Å². The van der Waals surface area contributed by atoms with Crippen LogP contribution < -0.4 is 21.3 Å². The van der Waals surface area contributed by atoms with Crippen LogP contribution in [0.5, 0.6) is 0 Å². The Morgan fingerprint density at radius 3 is 1.54 bits per heavy atom. The lowest BCUT2D eigenvalue weighted by Gasteiger charge is -2.22. The summed E-state index contributed by atoms with van der Waals surface area (Å²) in [5.41, 5.74) is 5.74. The number of anilines is 1. The molecule has 0 saturated carbocycles. The summed E-state index contributed by atoms with van der Waals surface area (Å²) < 4.78 is 3.49. The highest BCUT2D eigenvalue weighted by Crippen LogP contribution is 2.37. The van der Waals surface area contributed by atoms with Crippen LogP contribution in [-0.2, 0) is 0 Å². The third-order valence-electron chi connectivity index (χ3n) is 11.6. The molecule has 0 radical (unpaired) electrons. The highest BCUT2D eigenvalue weighted by Gasteiger charge is 2.20. The van der Waals surface area contributed by atoms with Gasteiger partial charge in [-0.1, -0.05) is 84.4 Å². The molecule has 0 bridgehead atoms. The Hall–Kier alpha value is -6.95. The molecule has 0 aliphatic heterocycles. The molecule has 0 saturated heterocycles. The molecule has 3 N–H and O–H groups in total. The molecule has 0 aliphatic carbocycles. The van der Waals surface area contributed by atoms with Gasteiger partial charge in [0.15, 0.2) is 0 Å². The molecule has 0 amide bonds. The van der Waals surface area contributed by atoms with Crippen LogP contribution in [0.15, 0.2) is 143 Å². The average Bonchev–Trinajstić information content (AvgIpc) is 3.28. The molecule has 0 fully saturated rings. The number of likely N-dealkylation sites (N-methyl/N-ethyl adjacent to an activating group) is 2. The van der Waals surface area contributed by atoms with E-state index in [2.05, 4.69) is 23.5 Å². The molecule has 0 atom stereocenters. The van der Waals surface area contributed by atoms with Crippen molar-refractivity contribution in [3.05, 3.63) is 159 Å². The second-order valence-corrected chi connectivity index (χ2v) is 15.5. The molecule has 12 rings (SSSR count). The van der Waals surface area contributed by atoms with E-state index < -0.39 is 0 Å². The summed E-state index contributed by atoms with van der Waals surface area (Å²) in [6.45, 7) is 1.52. The molecule has 0 spiro atoms.